The van der Waals surface area contributed by atoms with Gasteiger partial charge in [-0.3, -0.25) is 14.7 Å². The van der Waals surface area contributed by atoms with E-state index in [4.69, 9.17) is 4.74 Å². The average Bonchev–Trinajstić information content (AvgIpc) is 3.28. The van der Waals surface area contributed by atoms with Crippen molar-refractivity contribution in [2.75, 3.05) is 26.3 Å². The van der Waals surface area contributed by atoms with Crippen molar-refractivity contribution >= 4 is 16.8 Å². The van der Waals surface area contributed by atoms with Crippen LogP contribution in [0.1, 0.15) is 27.3 Å². The van der Waals surface area contributed by atoms with Gasteiger partial charge in [0.05, 0.1) is 36.5 Å². The number of H-pyrrole nitrogens is 1. The van der Waals surface area contributed by atoms with Gasteiger partial charge in [0.2, 0.25) is 5.78 Å². The molecule has 2 N–H and O–H groups in total. The third-order valence-electron chi connectivity index (χ3n) is 5.73. The van der Waals surface area contributed by atoms with E-state index in [2.05, 4.69) is 32.0 Å². The summed E-state index contributed by atoms with van der Waals surface area (Å²) in [6, 6.07) is 17.0. The summed E-state index contributed by atoms with van der Waals surface area (Å²) < 4.78 is 5.42. The summed E-state index contributed by atoms with van der Waals surface area (Å²) in [4.78, 5) is 27.6. The number of nitrogens with zero attached hydrogens (tertiary/aromatic N) is 3. The number of pyridine rings is 1. The molecule has 1 saturated heterocycles. The monoisotopic (exact) mass is 428 g/mol. The maximum absolute atomic E-state index is 13.1. The molecule has 3 heterocycles. The van der Waals surface area contributed by atoms with Crippen LogP contribution in [0.3, 0.4) is 0 Å². The highest BCUT2D eigenvalue weighted by Crippen LogP contribution is 2.21. The Morgan fingerprint density at radius 1 is 1.03 bits per heavy atom. The van der Waals surface area contributed by atoms with Crippen LogP contribution in [0.15, 0.2) is 60.8 Å². The highest BCUT2D eigenvalue weighted by Gasteiger charge is 2.16. The van der Waals surface area contributed by atoms with Gasteiger partial charge in [-0.2, -0.15) is 0 Å². The lowest BCUT2D eigenvalue weighted by Crippen LogP contribution is -2.35. The zero-order valence-electron chi connectivity index (χ0n) is 17.6. The molecule has 0 bridgehead atoms. The van der Waals surface area contributed by atoms with Crippen LogP contribution in [0, 0.1) is 0 Å². The number of nitrogens with one attached hydrogen (secondary N) is 1. The first-order valence-corrected chi connectivity index (χ1v) is 10.7. The SMILES string of the molecule is O=C(c1ccnc(-c2ccc(CO)cc2)c1)c1nc2ccc(CN3CCOCC3)cc2[nH]1. The molecule has 0 spiro atoms. The molecule has 0 amide bonds. The number of hydrogen-bond donors (Lipinski definition) is 2. The molecule has 5 rings (SSSR count). The van der Waals surface area contributed by atoms with E-state index in [1.54, 1.807) is 18.3 Å². The lowest BCUT2D eigenvalue weighted by molar-refractivity contribution is 0.0342. The van der Waals surface area contributed by atoms with Crippen LogP contribution < -0.4 is 0 Å². The standard InChI is InChI=1S/C25H24N4O3/c30-16-17-1-4-19(5-2-17)22-14-20(7-8-26-22)24(31)25-27-21-6-3-18(13-23(21)28-25)15-29-9-11-32-12-10-29/h1-8,13-14,30H,9-12,15-16H2,(H,27,28). The number of fused-ring (bicyclic) bond motifs is 1. The van der Waals surface area contributed by atoms with E-state index in [1.165, 1.54) is 5.56 Å². The number of aromatic amines is 1. The van der Waals surface area contributed by atoms with Crippen molar-refractivity contribution in [3.8, 4) is 11.3 Å². The van der Waals surface area contributed by atoms with E-state index in [0.29, 0.717) is 17.1 Å². The molecule has 0 radical (unpaired) electrons. The van der Waals surface area contributed by atoms with Crippen LogP contribution in [-0.4, -0.2) is 57.0 Å². The summed E-state index contributed by atoms with van der Waals surface area (Å²) in [6.45, 7) is 4.24. The Kier molecular flexibility index (Phi) is 5.77. The Morgan fingerprint density at radius 2 is 1.81 bits per heavy atom. The van der Waals surface area contributed by atoms with E-state index in [-0.39, 0.29) is 12.4 Å². The summed E-state index contributed by atoms with van der Waals surface area (Å²) in [5, 5.41) is 9.22. The number of carbonyl (C=O) groups excluding carboxylic acids is 1. The Hall–Kier alpha value is -3.39. The van der Waals surface area contributed by atoms with Crippen LogP contribution in [0.2, 0.25) is 0 Å². The Morgan fingerprint density at radius 3 is 2.59 bits per heavy atom. The maximum Gasteiger partial charge on any atom is 0.228 e. The topological polar surface area (TPSA) is 91.3 Å². The number of ether oxygens (including phenoxy) is 1. The molecule has 0 aliphatic carbocycles. The molecule has 1 aliphatic rings. The average molecular weight is 428 g/mol. The van der Waals surface area contributed by atoms with Gasteiger partial charge in [0.1, 0.15) is 0 Å². The third-order valence-corrected chi connectivity index (χ3v) is 5.73. The van der Waals surface area contributed by atoms with Gasteiger partial charge >= 0.3 is 0 Å². The van der Waals surface area contributed by atoms with Crippen molar-refractivity contribution < 1.29 is 14.6 Å². The largest absolute Gasteiger partial charge is 0.392 e. The summed E-state index contributed by atoms with van der Waals surface area (Å²) in [6.07, 6.45) is 1.63. The molecule has 32 heavy (non-hydrogen) atoms. The van der Waals surface area contributed by atoms with E-state index >= 15 is 0 Å². The van der Waals surface area contributed by atoms with E-state index in [0.717, 1.165) is 55.0 Å². The molecule has 7 heteroatoms. The van der Waals surface area contributed by atoms with E-state index < -0.39 is 0 Å². The normalized spacial score (nSPS) is 14.7. The quantitative estimate of drug-likeness (QED) is 0.459. The summed E-state index contributed by atoms with van der Waals surface area (Å²) in [7, 11) is 0. The number of aliphatic hydroxyl groups is 1. The van der Waals surface area contributed by atoms with Crippen LogP contribution in [0.5, 0.6) is 0 Å². The third kappa shape index (κ3) is 4.31. The molecule has 0 unspecified atom stereocenters. The summed E-state index contributed by atoms with van der Waals surface area (Å²) in [5.41, 5.74) is 5.74. The predicted molar refractivity (Wildman–Crippen MR) is 121 cm³/mol. The maximum atomic E-state index is 13.1. The first kappa shape index (κ1) is 20.5. The highest BCUT2D eigenvalue weighted by atomic mass is 16.5. The van der Waals surface area contributed by atoms with Crippen LogP contribution >= 0.6 is 0 Å². The second-order valence-electron chi connectivity index (χ2n) is 7.94. The zero-order chi connectivity index (χ0) is 21.9. The molecule has 2 aromatic heterocycles. The van der Waals surface area contributed by atoms with Crippen LogP contribution in [0.25, 0.3) is 22.3 Å². The van der Waals surface area contributed by atoms with Gasteiger partial charge in [0.25, 0.3) is 0 Å². The van der Waals surface area contributed by atoms with Gasteiger partial charge in [-0.15, -0.1) is 0 Å². The van der Waals surface area contributed by atoms with Crippen molar-refractivity contribution in [1.82, 2.24) is 19.9 Å². The van der Waals surface area contributed by atoms with Crippen molar-refractivity contribution in [3.05, 3.63) is 83.3 Å². The number of ketones is 1. The van der Waals surface area contributed by atoms with Gasteiger partial charge in [0, 0.05) is 37.0 Å². The lowest BCUT2D eigenvalue weighted by Gasteiger charge is -2.26. The first-order valence-electron chi connectivity index (χ1n) is 10.7. The number of hydrogen-bond acceptors (Lipinski definition) is 6. The molecular weight excluding hydrogens is 404 g/mol. The predicted octanol–water partition coefficient (Wildman–Crippen LogP) is 3.18. The van der Waals surface area contributed by atoms with E-state index in [9.17, 15) is 9.90 Å². The Balaban J connectivity index is 1.38. The number of aromatic nitrogens is 3. The van der Waals surface area contributed by atoms with Gasteiger partial charge in [-0.1, -0.05) is 30.3 Å². The number of carbonyl (C=O) groups is 1. The fourth-order valence-electron chi connectivity index (χ4n) is 3.93. The van der Waals surface area contributed by atoms with Crippen molar-refractivity contribution in [2.45, 2.75) is 13.2 Å². The molecule has 0 atom stereocenters. The summed E-state index contributed by atoms with van der Waals surface area (Å²) in [5.74, 6) is 0.142. The Bertz CT molecular complexity index is 1240. The van der Waals surface area contributed by atoms with Crippen LogP contribution in [0.4, 0.5) is 0 Å². The number of benzene rings is 2. The van der Waals surface area contributed by atoms with Gasteiger partial charge in [-0.25, -0.2) is 4.98 Å². The number of aliphatic hydroxyl groups excluding tert-OH is 1. The van der Waals surface area contributed by atoms with Crippen LogP contribution in [-0.2, 0) is 17.9 Å². The first-order chi connectivity index (χ1) is 15.7. The van der Waals surface area contributed by atoms with Gasteiger partial charge in [-0.05, 0) is 35.4 Å². The minimum absolute atomic E-state index is 0.00749. The van der Waals surface area contributed by atoms with Crippen molar-refractivity contribution in [2.24, 2.45) is 0 Å². The molecule has 1 aliphatic heterocycles. The lowest BCUT2D eigenvalue weighted by atomic mass is 10.1. The molecule has 7 nitrogen and oxygen atoms in total. The highest BCUT2D eigenvalue weighted by molar-refractivity contribution is 6.08. The van der Waals surface area contributed by atoms with Gasteiger partial charge in [0.15, 0.2) is 5.82 Å². The zero-order valence-corrected chi connectivity index (χ0v) is 17.6. The fraction of sp³-hybridized carbons (Fsp3) is 0.240. The minimum Gasteiger partial charge on any atom is -0.392 e. The minimum atomic E-state index is -0.174. The van der Waals surface area contributed by atoms with Crippen molar-refractivity contribution in [1.29, 1.82) is 0 Å². The second kappa shape index (κ2) is 9.00. The van der Waals surface area contributed by atoms with E-state index in [1.807, 2.05) is 30.3 Å². The molecular formula is C25H24N4O3. The number of imidazole rings is 1. The number of morpholine rings is 1. The van der Waals surface area contributed by atoms with Crippen molar-refractivity contribution in [3.63, 3.8) is 0 Å². The second-order valence-corrected chi connectivity index (χ2v) is 7.94. The summed E-state index contributed by atoms with van der Waals surface area (Å²) >= 11 is 0. The molecule has 162 valence electrons. The Labute approximate surface area is 185 Å². The number of rotatable bonds is 6. The molecule has 2 aromatic carbocycles. The molecule has 1 fully saturated rings. The molecule has 0 saturated carbocycles. The molecule has 4 aromatic rings. The smallest absolute Gasteiger partial charge is 0.228 e. The fourth-order valence-corrected chi connectivity index (χ4v) is 3.93. The van der Waals surface area contributed by atoms with Gasteiger partial charge < -0.3 is 14.8 Å².